The molecule has 0 bridgehead atoms. The number of hydrogen-bond acceptors (Lipinski definition) is 3. The van der Waals surface area contributed by atoms with E-state index in [0.717, 1.165) is 0 Å². The Morgan fingerprint density at radius 3 is 2.62 bits per heavy atom. The molecule has 3 nitrogen and oxygen atoms in total. The van der Waals surface area contributed by atoms with E-state index in [1.165, 1.54) is 19.3 Å². The van der Waals surface area contributed by atoms with Crippen LogP contribution in [0.3, 0.4) is 0 Å². The fraction of sp³-hybridized carbons (Fsp3) is 0.941. The van der Waals surface area contributed by atoms with Gasteiger partial charge in [-0.2, -0.15) is 0 Å². The molecule has 0 radical (unpaired) electrons. The summed E-state index contributed by atoms with van der Waals surface area (Å²) in [7, 11) is -1.78. The standard InChI is InChI=1S/C17H30O3Si/c1-16(2,3)21(5,6)19-10-13-17(4)12-9-7-8-11(12)14(17)15(18)20-13/h11-14H,7-10H2,1-6H3/t11-,12+,13?,14-,17+/m1/s1. The van der Waals surface area contributed by atoms with Crippen LogP contribution in [0.5, 0.6) is 0 Å². The number of cyclic esters (lactones) is 1. The van der Waals surface area contributed by atoms with Crippen molar-refractivity contribution in [3.63, 3.8) is 0 Å². The molecule has 3 aliphatic rings. The summed E-state index contributed by atoms with van der Waals surface area (Å²) in [6, 6.07) is 0. The molecule has 0 aromatic rings. The van der Waals surface area contributed by atoms with Gasteiger partial charge in [-0.15, -0.1) is 0 Å². The predicted molar refractivity (Wildman–Crippen MR) is 85.5 cm³/mol. The summed E-state index contributed by atoms with van der Waals surface area (Å²) in [6.07, 6.45) is 3.74. The molecule has 5 atom stereocenters. The van der Waals surface area contributed by atoms with E-state index in [9.17, 15) is 4.79 Å². The Bertz CT molecular complexity index is 453. The van der Waals surface area contributed by atoms with Crippen molar-refractivity contribution >= 4 is 14.3 Å². The van der Waals surface area contributed by atoms with E-state index in [1.807, 2.05) is 0 Å². The molecular formula is C17H30O3Si. The van der Waals surface area contributed by atoms with E-state index in [0.29, 0.717) is 18.4 Å². The zero-order valence-corrected chi connectivity index (χ0v) is 15.4. The summed E-state index contributed by atoms with van der Waals surface area (Å²) in [5, 5.41) is 0.200. The van der Waals surface area contributed by atoms with Crippen LogP contribution in [0, 0.1) is 23.2 Å². The SMILES string of the molecule is CC(C)(C)[Si](C)(C)OCC1OC(=O)[C@H]2[C@@H]3CCC[C@@H]3[C@@]12C. The zero-order chi connectivity index (χ0) is 15.6. The first-order valence-corrected chi connectivity index (χ1v) is 11.3. The van der Waals surface area contributed by atoms with Gasteiger partial charge in [0.2, 0.25) is 0 Å². The fourth-order valence-electron chi connectivity index (χ4n) is 4.66. The van der Waals surface area contributed by atoms with Crippen molar-refractivity contribution in [2.24, 2.45) is 23.2 Å². The van der Waals surface area contributed by atoms with Crippen LogP contribution in [0.15, 0.2) is 0 Å². The van der Waals surface area contributed by atoms with E-state index < -0.39 is 8.32 Å². The molecule has 3 fully saturated rings. The lowest BCUT2D eigenvalue weighted by atomic mass is 9.48. The van der Waals surface area contributed by atoms with Gasteiger partial charge >= 0.3 is 5.97 Å². The molecule has 0 amide bonds. The number of rotatable bonds is 3. The first-order chi connectivity index (χ1) is 9.59. The molecule has 0 aromatic carbocycles. The molecule has 1 heterocycles. The molecule has 1 aliphatic heterocycles. The lowest BCUT2D eigenvalue weighted by Crippen LogP contribution is -2.57. The van der Waals surface area contributed by atoms with Gasteiger partial charge < -0.3 is 9.16 Å². The molecule has 120 valence electrons. The van der Waals surface area contributed by atoms with Crippen LogP contribution >= 0.6 is 0 Å². The van der Waals surface area contributed by atoms with Gasteiger partial charge in [-0.05, 0) is 42.8 Å². The van der Waals surface area contributed by atoms with Crippen molar-refractivity contribution in [2.75, 3.05) is 6.61 Å². The Balaban J connectivity index is 1.71. The third kappa shape index (κ3) is 2.05. The molecule has 0 spiro atoms. The van der Waals surface area contributed by atoms with Gasteiger partial charge in [-0.1, -0.05) is 34.1 Å². The van der Waals surface area contributed by atoms with Crippen LogP contribution in [-0.4, -0.2) is 27.0 Å². The highest BCUT2D eigenvalue weighted by Gasteiger charge is 2.71. The molecule has 2 aliphatic carbocycles. The van der Waals surface area contributed by atoms with E-state index in [-0.39, 0.29) is 28.4 Å². The largest absolute Gasteiger partial charge is 0.459 e. The maximum atomic E-state index is 12.2. The van der Waals surface area contributed by atoms with Crippen molar-refractivity contribution in [2.45, 2.75) is 71.2 Å². The predicted octanol–water partition coefficient (Wildman–Crippen LogP) is 3.99. The van der Waals surface area contributed by atoms with E-state index in [4.69, 9.17) is 9.16 Å². The normalized spacial score (nSPS) is 42.3. The van der Waals surface area contributed by atoms with E-state index in [2.05, 4.69) is 40.8 Å². The maximum absolute atomic E-state index is 12.2. The molecule has 2 saturated carbocycles. The quantitative estimate of drug-likeness (QED) is 0.584. The number of fused-ring (bicyclic) bond motifs is 4. The molecule has 0 aromatic heterocycles. The first kappa shape index (κ1) is 15.5. The Hall–Kier alpha value is -0.353. The highest BCUT2D eigenvalue weighted by molar-refractivity contribution is 6.74. The van der Waals surface area contributed by atoms with Gasteiger partial charge in [0.05, 0.1) is 12.5 Å². The summed E-state index contributed by atoms with van der Waals surface area (Å²) in [5.74, 6) is 1.48. The maximum Gasteiger partial charge on any atom is 0.310 e. The van der Waals surface area contributed by atoms with Crippen molar-refractivity contribution in [3.8, 4) is 0 Å². The van der Waals surface area contributed by atoms with E-state index in [1.54, 1.807) is 0 Å². The Morgan fingerprint density at radius 1 is 1.33 bits per heavy atom. The number of carbonyl (C=O) groups excluding carboxylic acids is 1. The fourth-order valence-corrected chi connectivity index (χ4v) is 5.66. The number of esters is 1. The Kier molecular flexibility index (Phi) is 3.38. The lowest BCUT2D eigenvalue weighted by molar-refractivity contribution is -0.148. The topological polar surface area (TPSA) is 35.5 Å². The van der Waals surface area contributed by atoms with Crippen LogP contribution in [0.1, 0.15) is 47.0 Å². The summed E-state index contributed by atoms with van der Waals surface area (Å²) >= 11 is 0. The average Bonchev–Trinajstić information content (AvgIpc) is 2.84. The highest BCUT2D eigenvalue weighted by atomic mass is 28.4. The summed E-state index contributed by atoms with van der Waals surface area (Å²) in [4.78, 5) is 12.2. The summed E-state index contributed by atoms with van der Waals surface area (Å²) < 4.78 is 12.1. The first-order valence-electron chi connectivity index (χ1n) is 8.43. The van der Waals surface area contributed by atoms with Crippen LogP contribution in [0.2, 0.25) is 18.1 Å². The molecule has 0 N–H and O–H groups in total. The molecule has 1 saturated heterocycles. The summed E-state index contributed by atoms with van der Waals surface area (Å²) in [5.41, 5.74) is 0.0423. The van der Waals surface area contributed by atoms with Crippen LogP contribution < -0.4 is 0 Å². The van der Waals surface area contributed by atoms with Crippen molar-refractivity contribution in [1.82, 2.24) is 0 Å². The minimum absolute atomic E-state index is 0.0246. The number of ether oxygens (including phenoxy) is 1. The second kappa shape index (κ2) is 4.57. The van der Waals surface area contributed by atoms with Gasteiger partial charge in [0.15, 0.2) is 8.32 Å². The van der Waals surface area contributed by atoms with Crippen LogP contribution in [0.25, 0.3) is 0 Å². The smallest absolute Gasteiger partial charge is 0.310 e. The van der Waals surface area contributed by atoms with Gasteiger partial charge in [0.25, 0.3) is 0 Å². The van der Waals surface area contributed by atoms with Crippen molar-refractivity contribution < 1.29 is 14.0 Å². The number of hydrogen-bond donors (Lipinski definition) is 0. The molecule has 1 unspecified atom stereocenters. The second-order valence-corrected chi connectivity index (χ2v) is 13.9. The summed E-state index contributed by atoms with van der Waals surface area (Å²) in [6.45, 7) is 14.2. The molecule has 3 rings (SSSR count). The Labute approximate surface area is 129 Å². The van der Waals surface area contributed by atoms with Crippen LogP contribution in [-0.2, 0) is 14.0 Å². The average molecular weight is 311 g/mol. The lowest BCUT2D eigenvalue weighted by Gasteiger charge is -2.53. The van der Waals surface area contributed by atoms with E-state index >= 15 is 0 Å². The van der Waals surface area contributed by atoms with Gasteiger partial charge in [-0.3, -0.25) is 4.79 Å². The minimum atomic E-state index is -1.78. The second-order valence-electron chi connectivity index (χ2n) is 9.04. The molecule has 4 heteroatoms. The Morgan fingerprint density at radius 2 is 2.00 bits per heavy atom. The monoisotopic (exact) mass is 310 g/mol. The number of carbonyl (C=O) groups is 1. The minimum Gasteiger partial charge on any atom is -0.459 e. The van der Waals surface area contributed by atoms with Crippen molar-refractivity contribution in [3.05, 3.63) is 0 Å². The van der Waals surface area contributed by atoms with Gasteiger partial charge in [0.1, 0.15) is 6.10 Å². The van der Waals surface area contributed by atoms with Crippen molar-refractivity contribution in [1.29, 1.82) is 0 Å². The van der Waals surface area contributed by atoms with Crippen LogP contribution in [0.4, 0.5) is 0 Å². The van der Waals surface area contributed by atoms with Gasteiger partial charge in [0, 0.05) is 5.41 Å². The molecular weight excluding hydrogens is 280 g/mol. The third-order valence-corrected chi connectivity index (χ3v) is 11.6. The highest BCUT2D eigenvalue weighted by Crippen LogP contribution is 2.68. The molecule has 21 heavy (non-hydrogen) atoms. The zero-order valence-electron chi connectivity index (χ0n) is 14.4. The third-order valence-electron chi connectivity index (χ3n) is 7.07. The van der Waals surface area contributed by atoms with Gasteiger partial charge in [-0.25, -0.2) is 0 Å².